The van der Waals surface area contributed by atoms with Crippen LogP contribution >= 0.6 is 0 Å². The van der Waals surface area contributed by atoms with E-state index in [4.69, 9.17) is 51.9 Å². The Balaban J connectivity index is -0.0000000109. The van der Waals surface area contributed by atoms with Gasteiger partial charge in [0.05, 0.1) is 0 Å². The van der Waals surface area contributed by atoms with Crippen LogP contribution in [0.4, 0.5) is 52.7 Å². The molecule has 0 aliphatic rings. The van der Waals surface area contributed by atoms with E-state index in [2.05, 4.69) is 0 Å². The summed E-state index contributed by atoms with van der Waals surface area (Å²) < 4.78 is 236. The van der Waals surface area contributed by atoms with Gasteiger partial charge in [-0.05, 0) is 0 Å². The maximum absolute atomic E-state index is 10.7. The van der Waals surface area contributed by atoms with E-state index in [1.807, 2.05) is 0 Å². The van der Waals surface area contributed by atoms with Crippen LogP contribution in [-0.4, -0.2) is 73.9 Å². The molecule has 44 heteroatoms. The van der Waals surface area contributed by atoms with Crippen molar-refractivity contribution in [2.45, 2.75) is 22.0 Å². The third-order valence-corrected chi connectivity index (χ3v) is 3.40. The summed E-state index contributed by atoms with van der Waals surface area (Å²) in [6, 6.07) is 0. The zero-order valence-corrected chi connectivity index (χ0v) is 29.8. The Kier molecular flexibility index (Phi) is 120. The molecular formula is C4H45F12N15O12OsS4. The van der Waals surface area contributed by atoms with Gasteiger partial charge in [-0.3, -0.25) is 0 Å². The van der Waals surface area contributed by atoms with Crippen molar-refractivity contribution in [3.63, 3.8) is 0 Å². The fraction of sp³-hybridized carbons (Fsp3) is 1.00. The molecule has 0 atom stereocenters. The van der Waals surface area contributed by atoms with Crippen molar-refractivity contribution < 1.29 is 124 Å². The summed E-state index contributed by atoms with van der Waals surface area (Å²) >= 11 is 0. The summed E-state index contributed by atoms with van der Waals surface area (Å²) in [4.78, 5) is 0. The molecule has 0 aromatic heterocycles. The summed E-state index contributed by atoms with van der Waals surface area (Å²) in [5.74, 6) is 0. The molecular weight excluding hydrogens is 997 g/mol. The van der Waals surface area contributed by atoms with E-state index in [0.717, 1.165) is 0 Å². The Labute approximate surface area is 279 Å². The van der Waals surface area contributed by atoms with Crippen LogP contribution in [0.1, 0.15) is 0 Å². The van der Waals surface area contributed by atoms with E-state index in [1.54, 1.807) is 0 Å². The van der Waals surface area contributed by atoms with Crippen molar-refractivity contribution >= 4 is 40.5 Å². The van der Waals surface area contributed by atoms with Gasteiger partial charge in [0, 0.05) is 0 Å². The number of rotatable bonds is 0. The topological polar surface area (TPSA) is 754 Å². The predicted octanol–water partition coefficient (Wildman–Crippen LogP) is 2.63. The maximum Gasteiger partial charge on any atom is 4.00 e. The summed E-state index contributed by atoms with van der Waals surface area (Å²) in [6.07, 6.45) is 0. The zero-order chi connectivity index (χ0) is 28.0. The monoisotopic (exact) mass is 1040 g/mol. The molecule has 0 fully saturated rings. The minimum atomic E-state index is -6.09. The Hall–Kier alpha value is -1.16. The second-order valence-electron chi connectivity index (χ2n) is 3.60. The average molecular weight is 1040 g/mol. The van der Waals surface area contributed by atoms with E-state index in [9.17, 15) is 52.7 Å². The molecule has 0 radical (unpaired) electrons. The van der Waals surface area contributed by atoms with Crippen molar-refractivity contribution in [1.82, 2.24) is 92.3 Å². The Morgan fingerprint density at radius 3 is 0.271 bits per heavy atom. The average Bonchev–Trinajstić information content (AvgIpc) is 2.30. The SMILES string of the molecule is N.N.N.N.N.N.N.N.N.N.N.N.N.N.N.O=S(=O)([O-])C(F)(F)F.O=S(=O)([O-])C(F)(F)F.O=S(=O)([O-])C(F)(F)F.O=S(=O)([O-])C(F)(F)F.[Os+4]. The van der Waals surface area contributed by atoms with Gasteiger partial charge in [-0.1, -0.05) is 0 Å². The smallest absolute Gasteiger partial charge is 0.741 e. The van der Waals surface area contributed by atoms with Crippen LogP contribution in [0.15, 0.2) is 0 Å². The molecule has 48 heavy (non-hydrogen) atoms. The minimum Gasteiger partial charge on any atom is -0.741 e. The molecule has 0 spiro atoms. The van der Waals surface area contributed by atoms with Gasteiger partial charge in [0.25, 0.3) is 0 Å². The van der Waals surface area contributed by atoms with Crippen molar-refractivity contribution in [2.75, 3.05) is 0 Å². The first kappa shape index (κ1) is 137. The molecule has 0 saturated carbocycles. The fourth-order valence-corrected chi connectivity index (χ4v) is 0. The molecule has 0 rings (SSSR count). The third-order valence-electron chi connectivity index (χ3n) is 1.13. The van der Waals surface area contributed by atoms with Crippen molar-refractivity contribution in [3.8, 4) is 0 Å². The second kappa shape index (κ2) is 42.0. The molecule has 0 aliphatic carbocycles. The molecule has 0 aromatic carbocycles. The van der Waals surface area contributed by atoms with Crippen LogP contribution in [0.3, 0.4) is 0 Å². The fourth-order valence-electron chi connectivity index (χ4n) is 0. The summed E-state index contributed by atoms with van der Waals surface area (Å²) in [7, 11) is -24.4. The minimum absolute atomic E-state index is 0. The van der Waals surface area contributed by atoms with Gasteiger partial charge in [-0.15, -0.1) is 0 Å². The van der Waals surface area contributed by atoms with Gasteiger partial charge in [0.1, 0.15) is 0 Å². The van der Waals surface area contributed by atoms with E-state index in [0.29, 0.717) is 0 Å². The van der Waals surface area contributed by atoms with Gasteiger partial charge in [-0.2, -0.15) is 52.7 Å². The number of hydrogen-bond donors (Lipinski definition) is 15. The van der Waals surface area contributed by atoms with Gasteiger partial charge in [0.2, 0.25) is 0 Å². The first-order chi connectivity index (χ1) is 13.0. The van der Waals surface area contributed by atoms with E-state index in [1.165, 1.54) is 0 Å². The van der Waals surface area contributed by atoms with Gasteiger partial charge < -0.3 is 110 Å². The van der Waals surface area contributed by atoms with E-state index < -0.39 is 62.5 Å². The second-order valence-corrected chi connectivity index (χ2v) is 9.08. The first-order valence-corrected chi connectivity index (χ1v) is 10.7. The summed E-state index contributed by atoms with van der Waals surface area (Å²) in [5.41, 5.74) is -22.6. The number of halogens is 12. The summed E-state index contributed by atoms with van der Waals surface area (Å²) in [5, 5.41) is 0. The van der Waals surface area contributed by atoms with E-state index in [-0.39, 0.29) is 112 Å². The number of hydrogen-bond acceptors (Lipinski definition) is 27. The first-order valence-electron chi connectivity index (χ1n) is 5.08. The Bertz CT molecular complexity index is 871. The molecule has 324 valence electrons. The molecule has 0 saturated heterocycles. The molecule has 27 nitrogen and oxygen atoms in total. The molecule has 0 amide bonds. The predicted molar refractivity (Wildman–Crippen MR) is 138 cm³/mol. The van der Waals surface area contributed by atoms with Crippen molar-refractivity contribution in [2.24, 2.45) is 0 Å². The normalized spacial score (nSPS) is 9.33. The summed E-state index contributed by atoms with van der Waals surface area (Å²) in [6.45, 7) is 0. The van der Waals surface area contributed by atoms with Crippen LogP contribution in [0.5, 0.6) is 0 Å². The third kappa shape index (κ3) is 71.0. The Morgan fingerprint density at radius 2 is 0.271 bits per heavy atom. The van der Waals surface area contributed by atoms with Crippen LogP contribution in [0, 0.1) is 0 Å². The van der Waals surface area contributed by atoms with Gasteiger partial charge in [0.15, 0.2) is 40.5 Å². The quantitative estimate of drug-likeness (QED) is 0.0942. The van der Waals surface area contributed by atoms with Gasteiger partial charge in [-0.25, -0.2) is 33.7 Å². The standard InChI is InChI=1S/4CHF3O3S.15H3N.Os/c4*2-1(3,4)8(5,6)7;;;;;;;;;;;;;;;;/h4*(H,5,6,7);15*1H3;/q;;;;;;;;;;;;;;;;;;;+4/p-4. The Morgan fingerprint density at radius 1 is 0.250 bits per heavy atom. The maximum atomic E-state index is 10.7. The molecule has 0 aliphatic heterocycles. The van der Waals surface area contributed by atoms with Crippen LogP contribution in [0.2, 0.25) is 0 Å². The van der Waals surface area contributed by atoms with E-state index >= 15 is 0 Å². The molecule has 0 aromatic rings. The van der Waals surface area contributed by atoms with Crippen molar-refractivity contribution in [3.05, 3.63) is 0 Å². The number of alkyl halides is 12. The molecule has 0 heterocycles. The molecule has 45 N–H and O–H groups in total. The van der Waals surface area contributed by atoms with Crippen LogP contribution in [-0.2, 0) is 60.3 Å². The van der Waals surface area contributed by atoms with Gasteiger partial charge >= 0.3 is 41.8 Å². The zero-order valence-electron chi connectivity index (χ0n) is 24.0. The van der Waals surface area contributed by atoms with Crippen LogP contribution in [0.25, 0.3) is 0 Å². The largest absolute Gasteiger partial charge is 4.00 e. The molecule has 0 unspecified atom stereocenters. The van der Waals surface area contributed by atoms with Crippen molar-refractivity contribution in [1.29, 1.82) is 0 Å². The van der Waals surface area contributed by atoms with Crippen LogP contribution < -0.4 is 92.3 Å². The molecule has 0 bridgehead atoms.